The summed E-state index contributed by atoms with van der Waals surface area (Å²) in [6.07, 6.45) is 3.38. The molecule has 0 radical (unpaired) electrons. The predicted octanol–water partition coefficient (Wildman–Crippen LogP) is 3.88. The Hall–Kier alpha value is -2.75. The molecule has 0 aliphatic rings. The maximum atomic E-state index is 14.1. The molecule has 0 bridgehead atoms. The lowest BCUT2D eigenvalue weighted by atomic mass is 10.1. The normalized spacial score (nSPS) is 10.6. The van der Waals surface area contributed by atoms with Crippen molar-refractivity contribution in [3.8, 4) is 16.8 Å². The number of para-hydroxylation sites is 1. The van der Waals surface area contributed by atoms with Gasteiger partial charge in [0, 0.05) is 17.3 Å². The van der Waals surface area contributed by atoms with Crippen LogP contribution in [0.1, 0.15) is 17.3 Å². The summed E-state index contributed by atoms with van der Waals surface area (Å²) in [6.45, 7) is 1.42. The molecule has 0 N–H and O–H groups in total. The van der Waals surface area contributed by atoms with Gasteiger partial charge < -0.3 is 0 Å². The number of nitrogens with zero attached hydrogens (tertiary/aromatic N) is 2. The van der Waals surface area contributed by atoms with Crippen molar-refractivity contribution in [1.82, 2.24) is 9.78 Å². The molecule has 1 heterocycles. The molecule has 0 spiro atoms. The van der Waals surface area contributed by atoms with E-state index in [2.05, 4.69) is 5.10 Å². The van der Waals surface area contributed by atoms with Crippen molar-refractivity contribution in [2.75, 3.05) is 0 Å². The lowest BCUT2D eigenvalue weighted by molar-refractivity contribution is 0.101. The van der Waals surface area contributed by atoms with Crippen molar-refractivity contribution >= 4 is 5.78 Å². The molecule has 3 rings (SSSR count). The third-order valence-corrected chi connectivity index (χ3v) is 3.28. The topological polar surface area (TPSA) is 34.9 Å². The van der Waals surface area contributed by atoms with Crippen LogP contribution in [0, 0.1) is 5.82 Å². The van der Waals surface area contributed by atoms with Crippen molar-refractivity contribution < 1.29 is 9.18 Å². The first kappa shape index (κ1) is 13.2. The number of rotatable bonds is 3. The van der Waals surface area contributed by atoms with Gasteiger partial charge in [0.25, 0.3) is 0 Å². The molecule has 21 heavy (non-hydrogen) atoms. The van der Waals surface area contributed by atoms with E-state index in [4.69, 9.17) is 0 Å². The van der Waals surface area contributed by atoms with Gasteiger partial charge in [-0.3, -0.25) is 4.79 Å². The largest absolute Gasteiger partial charge is 0.294 e. The van der Waals surface area contributed by atoms with Gasteiger partial charge in [-0.05, 0) is 24.6 Å². The van der Waals surface area contributed by atoms with Crippen molar-refractivity contribution in [1.29, 1.82) is 0 Å². The first-order chi connectivity index (χ1) is 10.2. The van der Waals surface area contributed by atoms with E-state index < -0.39 is 5.82 Å². The fourth-order valence-electron chi connectivity index (χ4n) is 2.26. The second kappa shape index (κ2) is 5.32. The molecular formula is C17H13FN2O. The van der Waals surface area contributed by atoms with Crippen LogP contribution in [0.4, 0.5) is 4.39 Å². The van der Waals surface area contributed by atoms with Gasteiger partial charge in [-0.15, -0.1) is 0 Å². The van der Waals surface area contributed by atoms with Crippen LogP contribution in [0.3, 0.4) is 0 Å². The van der Waals surface area contributed by atoms with Crippen molar-refractivity contribution in [2.24, 2.45) is 0 Å². The van der Waals surface area contributed by atoms with E-state index in [9.17, 15) is 9.18 Å². The van der Waals surface area contributed by atoms with Crippen molar-refractivity contribution in [3.05, 3.63) is 72.3 Å². The van der Waals surface area contributed by atoms with Gasteiger partial charge in [-0.2, -0.15) is 5.10 Å². The zero-order valence-corrected chi connectivity index (χ0v) is 11.5. The SMILES string of the molecule is CC(=O)c1cccc(F)c1-n1cc(-c2ccccc2)cn1. The lowest BCUT2D eigenvalue weighted by Crippen LogP contribution is -2.06. The highest BCUT2D eigenvalue weighted by atomic mass is 19.1. The highest BCUT2D eigenvalue weighted by Gasteiger charge is 2.15. The number of halogens is 1. The summed E-state index contributed by atoms with van der Waals surface area (Å²) in [5, 5.41) is 4.19. The number of benzene rings is 2. The third-order valence-electron chi connectivity index (χ3n) is 3.28. The summed E-state index contributed by atoms with van der Waals surface area (Å²) in [6, 6.07) is 14.1. The number of ketones is 1. The second-order valence-electron chi connectivity index (χ2n) is 4.73. The van der Waals surface area contributed by atoms with E-state index in [0.717, 1.165) is 11.1 Å². The number of Topliss-reactive ketones (excluding diaryl/α,β-unsaturated/α-hetero) is 1. The van der Waals surface area contributed by atoms with Crippen LogP contribution < -0.4 is 0 Å². The van der Waals surface area contributed by atoms with E-state index in [0.29, 0.717) is 5.56 Å². The molecule has 0 saturated heterocycles. The van der Waals surface area contributed by atoms with Crippen LogP contribution in [0.5, 0.6) is 0 Å². The molecule has 3 aromatic rings. The molecule has 0 fully saturated rings. The van der Waals surface area contributed by atoms with Gasteiger partial charge in [0.2, 0.25) is 0 Å². The van der Waals surface area contributed by atoms with Gasteiger partial charge in [0.1, 0.15) is 11.5 Å². The zero-order valence-electron chi connectivity index (χ0n) is 11.5. The summed E-state index contributed by atoms with van der Waals surface area (Å²) < 4.78 is 15.5. The second-order valence-corrected chi connectivity index (χ2v) is 4.73. The van der Waals surface area contributed by atoms with Crippen molar-refractivity contribution in [2.45, 2.75) is 6.92 Å². The number of carbonyl (C=O) groups excluding carboxylic acids is 1. The van der Waals surface area contributed by atoms with Crippen LogP contribution in [-0.4, -0.2) is 15.6 Å². The summed E-state index contributed by atoms with van der Waals surface area (Å²) in [5.41, 5.74) is 2.36. The number of hydrogen-bond acceptors (Lipinski definition) is 2. The van der Waals surface area contributed by atoms with E-state index in [1.54, 1.807) is 18.5 Å². The van der Waals surface area contributed by atoms with E-state index in [-0.39, 0.29) is 11.5 Å². The summed E-state index contributed by atoms with van der Waals surface area (Å²) in [5.74, 6) is -0.660. The number of carbonyl (C=O) groups is 1. The molecule has 0 saturated carbocycles. The van der Waals surface area contributed by atoms with Crippen LogP contribution in [0.2, 0.25) is 0 Å². The average molecular weight is 280 g/mol. The van der Waals surface area contributed by atoms with Crippen LogP contribution >= 0.6 is 0 Å². The maximum absolute atomic E-state index is 14.1. The molecule has 0 aliphatic heterocycles. The maximum Gasteiger partial charge on any atom is 0.162 e. The molecule has 0 unspecified atom stereocenters. The smallest absolute Gasteiger partial charge is 0.162 e. The molecule has 4 heteroatoms. The predicted molar refractivity (Wildman–Crippen MR) is 79.0 cm³/mol. The summed E-state index contributed by atoms with van der Waals surface area (Å²) >= 11 is 0. The van der Waals surface area contributed by atoms with Crippen molar-refractivity contribution in [3.63, 3.8) is 0 Å². The van der Waals surface area contributed by atoms with Gasteiger partial charge in [-0.25, -0.2) is 9.07 Å². The number of hydrogen-bond donors (Lipinski definition) is 0. The first-order valence-electron chi connectivity index (χ1n) is 6.57. The molecule has 3 nitrogen and oxygen atoms in total. The standard InChI is InChI=1S/C17H13FN2O/c1-12(21)15-8-5-9-16(18)17(15)20-11-14(10-19-20)13-6-3-2-4-7-13/h2-11H,1H3. The molecule has 0 aliphatic carbocycles. The molecule has 104 valence electrons. The fourth-order valence-corrected chi connectivity index (χ4v) is 2.26. The average Bonchev–Trinajstić information content (AvgIpc) is 2.97. The Morgan fingerprint density at radius 2 is 1.81 bits per heavy atom. The van der Waals surface area contributed by atoms with Gasteiger partial charge >= 0.3 is 0 Å². The molecule has 1 aromatic heterocycles. The quantitative estimate of drug-likeness (QED) is 0.682. The fraction of sp³-hybridized carbons (Fsp3) is 0.0588. The Labute approximate surface area is 121 Å². The molecule has 0 atom stereocenters. The minimum Gasteiger partial charge on any atom is -0.294 e. The van der Waals surface area contributed by atoms with Crippen LogP contribution in [0.25, 0.3) is 16.8 Å². The van der Waals surface area contributed by atoms with E-state index >= 15 is 0 Å². The Morgan fingerprint density at radius 3 is 2.52 bits per heavy atom. The molecule has 0 amide bonds. The summed E-state index contributed by atoms with van der Waals surface area (Å²) in [4.78, 5) is 11.7. The first-order valence-corrected chi connectivity index (χ1v) is 6.57. The van der Waals surface area contributed by atoms with Gasteiger partial charge in [0.15, 0.2) is 5.78 Å². The van der Waals surface area contributed by atoms with E-state index in [1.807, 2.05) is 30.3 Å². The van der Waals surface area contributed by atoms with Crippen LogP contribution in [-0.2, 0) is 0 Å². The minimum atomic E-state index is -0.467. The monoisotopic (exact) mass is 280 g/mol. The Morgan fingerprint density at radius 1 is 1.05 bits per heavy atom. The Bertz CT molecular complexity index is 794. The zero-order chi connectivity index (χ0) is 14.8. The van der Waals surface area contributed by atoms with E-state index in [1.165, 1.54) is 23.7 Å². The molecule has 2 aromatic carbocycles. The summed E-state index contributed by atoms with van der Waals surface area (Å²) in [7, 11) is 0. The minimum absolute atomic E-state index is 0.187. The number of aromatic nitrogens is 2. The highest BCUT2D eigenvalue weighted by Crippen LogP contribution is 2.23. The molecular weight excluding hydrogens is 267 g/mol. The van der Waals surface area contributed by atoms with Gasteiger partial charge in [-0.1, -0.05) is 36.4 Å². The van der Waals surface area contributed by atoms with Crippen LogP contribution in [0.15, 0.2) is 60.9 Å². The Balaban J connectivity index is 2.11. The highest BCUT2D eigenvalue weighted by molar-refractivity contribution is 5.97. The van der Waals surface area contributed by atoms with Gasteiger partial charge in [0.05, 0.1) is 6.20 Å². The third kappa shape index (κ3) is 2.48. The Kier molecular flexibility index (Phi) is 3.36. The lowest BCUT2D eigenvalue weighted by Gasteiger charge is -2.07.